The third-order valence-corrected chi connectivity index (χ3v) is 4.27. The van der Waals surface area contributed by atoms with E-state index in [4.69, 9.17) is 18.0 Å². The van der Waals surface area contributed by atoms with E-state index in [9.17, 15) is 0 Å². The molecule has 1 aromatic carbocycles. The van der Waals surface area contributed by atoms with Crippen molar-refractivity contribution in [2.45, 2.75) is 33.2 Å². The summed E-state index contributed by atoms with van der Waals surface area (Å²) >= 11 is 5.20. The molecule has 0 spiro atoms. The molecule has 4 heteroatoms. The van der Waals surface area contributed by atoms with Gasteiger partial charge >= 0.3 is 0 Å². The molecule has 110 valence electrons. The van der Waals surface area contributed by atoms with E-state index in [1.807, 2.05) is 12.1 Å². The maximum atomic E-state index is 5.88. The van der Waals surface area contributed by atoms with Crippen LogP contribution in [0.25, 0.3) is 0 Å². The molecule has 1 aliphatic heterocycles. The Morgan fingerprint density at radius 1 is 1.15 bits per heavy atom. The summed E-state index contributed by atoms with van der Waals surface area (Å²) in [5.41, 5.74) is 9.59. The fourth-order valence-electron chi connectivity index (χ4n) is 2.88. The SMILES string of the molecule is Cc1cccc(C(N)=S)c1N1CCN(C(C)(C)C)CC1. The summed E-state index contributed by atoms with van der Waals surface area (Å²) in [7, 11) is 0. The van der Waals surface area contributed by atoms with Crippen molar-refractivity contribution >= 4 is 22.9 Å². The van der Waals surface area contributed by atoms with Gasteiger partial charge in [-0.15, -0.1) is 0 Å². The van der Waals surface area contributed by atoms with Crippen LogP contribution in [-0.2, 0) is 0 Å². The summed E-state index contributed by atoms with van der Waals surface area (Å²) in [4.78, 5) is 5.44. The van der Waals surface area contributed by atoms with Crippen molar-refractivity contribution in [2.75, 3.05) is 31.1 Å². The van der Waals surface area contributed by atoms with Gasteiger partial charge in [-0.1, -0.05) is 24.4 Å². The molecule has 1 fully saturated rings. The molecule has 2 rings (SSSR count). The van der Waals surface area contributed by atoms with Gasteiger partial charge in [0.05, 0.1) is 0 Å². The first kappa shape index (κ1) is 15.3. The van der Waals surface area contributed by atoms with Crippen LogP contribution in [0.1, 0.15) is 31.9 Å². The number of aryl methyl sites for hydroxylation is 1. The maximum Gasteiger partial charge on any atom is 0.106 e. The Morgan fingerprint density at radius 2 is 1.75 bits per heavy atom. The molecule has 0 atom stereocenters. The second-order valence-corrected chi connectivity index (χ2v) is 6.92. The Balaban J connectivity index is 2.21. The lowest BCUT2D eigenvalue weighted by Crippen LogP contribution is -2.53. The third kappa shape index (κ3) is 3.13. The molecule has 2 N–H and O–H groups in total. The highest BCUT2D eigenvalue weighted by Crippen LogP contribution is 2.27. The predicted molar refractivity (Wildman–Crippen MR) is 90.6 cm³/mol. The zero-order valence-corrected chi connectivity index (χ0v) is 13.8. The lowest BCUT2D eigenvalue weighted by Gasteiger charge is -2.43. The third-order valence-electron chi connectivity index (χ3n) is 4.05. The molecule has 3 nitrogen and oxygen atoms in total. The zero-order chi connectivity index (χ0) is 14.9. The molecule has 0 aliphatic carbocycles. The van der Waals surface area contributed by atoms with Gasteiger partial charge < -0.3 is 10.6 Å². The molecule has 0 radical (unpaired) electrons. The van der Waals surface area contributed by atoms with E-state index in [0.29, 0.717) is 4.99 Å². The molecule has 1 heterocycles. The average Bonchev–Trinajstić information content (AvgIpc) is 2.37. The van der Waals surface area contributed by atoms with Gasteiger partial charge in [0.2, 0.25) is 0 Å². The first-order valence-corrected chi connectivity index (χ1v) is 7.61. The van der Waals surface area contributed by atoms with Crippen LogP contribution in [0, 0.1) is 6.92 Å². The van der Waals surface area contributed by atoms with E-state index in [0.717, 1.165) is 31.7 Å². The van der Waals surface area contributed by atoms with E-state index in [1.165, 1.54) is 11.3 Å². The van der Waals surface area contributed by atoms with Gasteiger partial charge in [0.25, 0.3) is 0 Å². The number of nitrogens with two attached hydrogens (primary N) is 1. The molecule has 0 aromatic heterocycles. The summed E-state index contributed by atoms with van der Waals surface area (Å²) in [6, 6.07) is 6.19. The van der Waals surface area contributed by atoms with Crippen LogP contribution in [0.3, 0.4) is 0 Å². The highest BCUT2D eigenvalue weighted by atomic mass is 32.1. The fraction of sp³-hybridized carbons (Fsp3) is 0.562. The van der Waals surface area contributed by atoms with E-state index in [2.05, 4.69) is 43.6 Å². The molecule has 20 heavy (non-hydrogen) atoms. The van der Waals surface area contributed by atoms with Crippen molar-refractivity contribution in [2.24, 2.45) is 5.73 Å². The lowest BCUT2D eigenvalue weighted by atomic mass is 10.0. The van der Waals surface area contributed by atoms with E-state index in [-0.39, 0.29) is 5.54 Å². The van der Waals surface area contributed by atoms with Gasteiger partial charge in [-0.25, -0.2) is 0 Å². The van der Waals surface area contributed by atoms with Crippen LogP contribution >= 0.6 is 12.2 Å². The zero-order valence-electron chi connectivity index (χ0n) is 12.9. The number of para-hydroxylation sites is 1. The summed E-state index contributed by atoms with van der Waals surface area (Å²) < 4.78 is 0. The molecule has 1 aliphatic rings. The van der Waals surface area contributed by atoms with Crippen molar-refractivity contribution in [3.63, 3.8) is 0 Å². The molecule has 0 amide bonds. The Labute approximate surface area is 127 Å². The van der Waals surface area contributed by atoms with Gasteiger partial charge in [-0.05, 0) is 39.3 Å². The normalized spacial score (nSPS) is 17.3. The van der Waals surface area contributed by atoms with Gasteiger partial charge in [0.1, 0.15) is 4.99 Å². The Bertz CT molecular complexity index is 497. The van der Waals surface area contributed by atoms with Crippen LogP contribution in [0.2, 0.25) is 0 Å². The molecular formula is C16H25N3S. The minimum Gasteiger partial charge on any atom is -0.389 e. The van der Waals surface area contributed by atoms with Crippen molar-refractivity contribution in [3.05, 3.63) is 29.3 Å². The van der Waals surface area contributed by atoms with E-state index >= 15 is 0 Å². The number of benzene rings is 1. The second-order valence-electron chi connectivity index (χ2n) is 6.48. The number of anilines is 1. The van der Waals surface area contributed by atoms with E-state index in [1.54, 1.807) is 0 Å². The highest BCUT2D eigenvalue weighted by Gasteiger charge is 2.27. The summed E-state index contributed by atoms with van der Waals surface area (Å²) in [5, 5.41) is 0. The smallest absolute Gasteiger partial charge is 0.106 e. The summed E-state index contributed by atoms with van der Waals surface area (Å²) in [6.07, 6.45) is 0. The number of piperazine rings is 1. The highest BCUT2D eigenvalue weighted by molar-refractivity contribution is 7.80. The molecular weight excluding hydrogens is 266 g/mol. The fourth-order valence-corrected chi connectivity index (χ4v) is 3.04. The molecule has 0 saturated carbocycles. The molecule has 0 bridgehead atoms. The number of rotatable bonds is 2. The monoisotopic (exact) mass is 291 g/mol. The van der Waals surface area contributed by atoms with Crippen molar-refractivity contribution in [3.8, 4) is 0 Å². The molecule has 1 aromatic rings. The van der Waals surface area contributed by atoms with Gasteiger partial charge in [0, 0.05) is 43.0 Å². The van der Waals surface area contributed by atoms with Crippen LogP contribution in [0.4, 0.5) is 5.69 Å². The lowest BCUT2D eigenvalue weighted by molar-refractivity contribution is 0.128. The van der Waals surface area contributed by atoms with Crippen molar-refractivity contribution in [1.82, 2.24) is 4.90 Å². The van der Waals surface area contributed by atoms with Crippen molar-refractivity contribution < 1.29 is 0 Å². The first-order chi connectivity index (χ1) is 9.30. The van der Waals surface area contributed by atoms with E-state index < -0.39 is 0 Å². The Morgan fingerprint density at radius 3 is 2.25 bits per heavy atom. The largest absolute Gasteiger partial charge is 0.389 e. The maximum absolute atomic E-state index is 5.88. The van der Waals surface area contributed by atoms with Gasteiger partial charge in [-0.3, -0.25) is 4.90 Å². The number of hydrogen-bond donors (Lipinski definition) is 1. The van der Waals surface area contributed by atoms with Crippen LogP contribution in [-0.4, -0.2) is 41.6 Å². The van der Waals surface area contributed by atoms with Crippen molar-refractivity contribution in [1.29, 1.82) is 0 Å². The topological polar surface area (TPSA) is 32.5 Å². The van der Waals surface area contributed by atoms with Gasteiger partial charge in [0.15, 0.2) is 0 Å². The minimum absolute atomic E-state index is 0.240. The number of nitrogens with zero attached hydrogens (tertiary/aromatic N) is 2. The molecule has 1 saturated heterocycles. The molecule has 0 unspecified atom stereocenters. The standard InChI is InChI=1S/C16H25N3S/c1-12-6-5-7-13(15(17)20)14(12)18-8-10-19(11-9-18)16(2,3)4/h5-7H,8-11H2,1-4H3,(H2,17,20). The average molecular weight is 291 g/mol. The Hall–Kier alpha value is -1.13. The first-order valence-electron chi connectivity index (χ1n) is 7.20. The quantitative estimate of drug-likeness (QED) is 0.849. The number of hydrogen-bond acceptors (Lipinski definition) is 3. The van der Waals surface area contributed by atoms with Crippen LogP contribution in [0.5, 0.6) is 0 Å². The summed E-state index contributed by atoms with van der Waals surface area (Å²) in [5.74, 6) is 0. The van der Waals surface area contributed by atoms with Gasteiger partial charge in [-0.2, -0.15) is 0 Å². The second kappa shape index (κ2) is 5.70. The summed E-state index contributed by atoms with van der Waals surface area (Å²) in [6.45, 7) is 13.2. The number of thiocarbonyl (C=S) groups is 1. The Kier molecular flexibility index (Phi) is 4.35. The predicted octanol–water partition coefficient (Wildman–Crippen LogP) is 2.55. The van der Waals surface area contributed by atoms with Crippen LogP contribution in [0.15, 0.2) is 18.2 Å². The minimum atomic E-state index is 0.240. The van der Waals surface area contributed by atoms with Crippen LogP contribution < -0.4 is 10.6 Å².